The molecule has 0 fully saturated rings. The van der Waals surface area contributed by atoms with E-state index in [0.29, 0.717) is 38.2 Å². The highest BCUT2D eigenvalue weighted by molar-refractivity contribution is 6.33. The monoisotopic (exact) mass is 552 g/mol. The summed E-state index contributed by atoms with van der Waals surface area (Å²) in [6.07, 6.45) is 1.34. The molecule has 0 saturated carbocycles. The second kappa shape index (κ2) is 11.8. The smallest absolute Gasteiger partial charge is 0.326 e. The van der Waals surface area contributed by atoms with Gasteiger partial charge in [-0.25, -0.2) is 18.0 Å². The van der Waals surface area contributed by atoms with E-state index in [1.807, 2.05) is 6.07 Å². The standard InChI is InChI=1S/C28H20ClF3N4O3/c29-21-10-15(14-33)3-5-19(21)20-6-4-16(18-2-1-8-35-26(18)20)11-24(28(38)39)36-27(37)25-22(31)12-17(13-23(25)32)34-9-7-30/h1-6,8,10,12-13,24,34H,7,9,11H2,(H,36,37)(H,38,39)/t24-/m0/s1. The molecule has 4 aromatic rings. The van der Waals surface area contributed by atoms with Crippen molar-refractivity contribution in [2.45, 2.75) is 12.5 Å². The Morgan fingerprint density at radius 2 is 1.79 bits per heavy atom. The molecule has 39 heavy (non-hydrogen) atoms. The summed E-state index contributed by atoms with van der Waals surface area (Å²) in [4.78, 5) is 29.2. The predicted molar refractivity (Wildman–Crippen MR) is 140 cm³/mol. The van der Waals surface area contributed by atoms with Gasteiger partial charge in [0.15, 0.2) is 0 Å². The number of fused-ring (bicyclic) bond motifs is 1. The maximum Gasteiger partial charge on any atom is 0.326 e. The maximum atomic E-state index is 14.5. The lowest BCUT2D eigenvalue weighted by molar-refractivity contribution is -0.139. The summed E-state index contributed by atoms with van der Waals surface area (Å²) in [5, 5.41) is 24.5. The van der Waals surface area contributed by atoms with Crippen LogP contribution in [0.25, 0.3) is 22.0 Å². The molecule has 1 amide bonds. The predicted octanol–water partition coefficient (Wildman–Crippen LogP) is 5.51. The van der Waals surface area contributed by atoms with E-state index in [4.69, 9.17) is 16.9 Å². The molecular formula is C28H20ClF3N4O3. The van der Waals surface area contributed by atoms with Crippen LogP contribution >= 0.6 is 11.6 Å². The van der Waals surface area contributed by atoms with Crippen LogP contribution in [-0.4, -0.2) is 41.2 Å². The van der Waals surface area contributed by atoms with E-state index in [1.54, 1.807) is 42.6 Å². The number of carboxylic acids is 1. The van der Waals surface area contributed by atoms with Crippen molar-refractivity contribution in [3.63, 3.8) is 0 Å². The van der Waals surface area contributed by atoms with E-state index in [9.17, 15) is 27.9 Å². The molecule has 0 aliphatic heterocycles. The van der Waals surface area contributed by atoms with Crippen molar-refractivity contribution < 1.29 is 27.9 Å². The van der Waals surface area contributed by atoms with Gasteiger partial charge in [0, 0.05) is 46.4 Å². The van der Waals surface area contributed by atoms with Gasteiger partial charge < -0.3 is 15.7 Å². The van der Waals surface area contributed by atoms with Crippen molar-refractivity contribution in [2.24, 2.45) is 0 Å². The van der Waals surface area contributed by atoms with Gasteiger partial charge in [-0.05, 0) is 35.9 Å². The fourth-order valence-electron chi connectivity index (χ4n) is 4.16. The van der Waals surface area contributed by atoms with Crippen LogP contribution in [0.15, 0.2) is 60.8 Å². The highest BCUT2D eigenvalue weighted by Gasteiger charge is 2.26. The number of carbonyl (C=O) groups is 2. The Morgan fingerprint density at radius 1 is 1.08 bits per heavy atom. The van der Waals surface area contributed by atoms with Crippen LogP contribution in [0.1, 0.15) is 21.5 Å². The highest BCUT2D eigenvalue weighted by Crippen LogP contribution is 2.35. The second-order valence-electron chi connectivity index (χ2n) is 8.48. The quantitative estimate of drug-likeness (QED) is 0.252. The summed E-state index contributed by atoms with van der Waals surface area (Å²) in [7, 11) is 0. The van der Waals surface area contributed by atoms with E-state index in [2.05, 4.69) is 15.6 Å². The molecule has 0 radical (unpaired) electrons. The van der Waals surface area contributed by atoms with Gasteiger partial charge in [0.2, 0.25) is 0 Å². The van der Waals surface area contributed by atoms with Crippen molar-refractivity contribution in [1.82, 2.24) is 10.3 Å². The number of alkyl halides is 1. The molecule has 1 heterocycles. The number of nitrogens with one attached hydrogen (secondary N) is 2. The number of nitriles is 1. The molecule has 7 nitrogen and oxygen atoms in total. The number of benzene rings is 3. The normalized spacial score (nSPS) is 11.6. The minimum Gasteiger partial charge on any atom is -0.480 e. The van der Waals surface area contributed by atoms with Crippen molar-refractivity contribution >= 4 is 40.1 Å². The molecule has 3 N–H and O–H groups in total. The van der Waals surface area contributed by atoms with Gasteiger partial charge >= 0.3 is 5.97 Å². The molecule has 3 aromatic carbocycles. The van der Waals surface area contributed by atoms with Gasteiger partial charge in [0.25, 0.3) is 5.91 Å². The molecule has 198 valence electrons. The summed E-state index contributed by atoms with van der Waals surface area (Å²) in [6.45, 7) is -0.943. The zero-order valence-corrected chi connectivity index (χ0v) is 20.9. The summed E-state index contributed by atoms with van der Waals surface area (Å²) >= 11 is 6.40. The van der Waals surface area contributed by atoms with Gasteiger partial charge in [-0.15, -0.1) is 0 Å². The van der Waals surface area contributed by atoms with Crippen LogP contribution in [0.3, 0.4) is 0 Å². The largest absolute Gasteiger partial charge is 0.480 e. The van der Waals surface area contributed by atoms with Crippen molar-refractivity contribution in [3.05, 3.63) is 94.1 Å². The Balaban J connectivity index is 1.65. The van der Waals surface area contributed by atoms with Crippen molar-refractivity contribution in [3.8, 4) is 17.2 Å². The first kappa shape index (κ1) is 27.4. The molecule has 11 heteroatoms. The SMILES string of the molecule is N#Cc1ccc(-c2ccc(C[C@H](NC(=O)c3c(F)cc(NCCF)cc3F)C(=O)O)c3cccnc23)c(Cl)c1. The van der Waals surface area contributed by atoms with E-state index < -0.39 is 41.8 Å². The van der Waals surface area contributed by atoms with Gasteiger partial charge in [-0.3, -0.25) is 9.78 Å². The number of amides is 1. The lowest BCUT2D eigenvalue weighted by atomic mass is 9.94. The first-order valence-electron chi connectivity index (χ1n) is 11.6. The topological polar surface area (TPSA) is 115 Å². The highest BCUT2D eigenvalue weighted by atomic mass is 35.5. The number of anilines is 1. The van der Waals surface area contributed by atoms with Crippen molar-refractivity contribution in [2.75, 3.05) is 18.5 Å². The summed E-state index contributed by atoms with van der Waals surface area (Å²) in [5.74, 6) is -5.12. The first-order valence-corrected chi connectivity index (χ1v) is 12.0. The lowest BCUT2D eigenvalue weighted by Crippen LogP contribution is -2.43. The molecular weight excluding hydrogens is 533 g/mol. The van der Waals surface area contributed by atoms with E-state index in [-0.39, 0.29) is 18.7 Å². The zero-order valence-electron chi connectivity index (χ0n) is 20.1. The average molecular weight is 553 g/mol. The molecule has 0 saturated heterocycles. The van der Waals surface area contributed by atoms with E-state index in [0.717, 1.165) is 12.1 Å². The molecule has 0 spiro atoms. The molecule has 0 aliphatic carbocycles. The zero-order chi connectivity index (χ0) is 28.1. The number of carbonyl (C=O) groups excluding carboxylic acids is 1. The number of aliphatic carboxylic acids is 1. The second-order valence-corrected chi connectivity index (χ2v) is 8.88. The molecule has 1 atom stereocenters. The Bertz CT molecular complexity index is 1600. The third kappa shape index (κ3) is 5.94. The molecule has 4 rings (SSSR count). The number of nitrogens with zero attached hydrogens (tertiary/aromatic N) is 2. The Labute approximate surface area is 225 Å². The van der Waals surface area contributed by atoms with Crippen LogP contribution < -0.4 is 10.6 Å². The molecule has 0 unspecified atom stereocenters. The minimum absolute atomic E-state index is 0.0598. The molecule has 1 aromatic heterocycles. The fourth-order valence-corrected chi connectivity index (χ4v) is 4.45. The number of halogens is 4. The Kier molecular flexibility index (Phi) is 8.32. The third-order valence-corrected chi connectivity index (χ3v) is 6.28. The van der Waals surface area contributed by atoms with E-state index >= 15 is 0 Å². The fraction of sp³-hybridized carbons (Fsp3) is 0.143. The third-order valence-electron chi connectivity index (χ3n) is 5.97. The summed E-state index contributed by atoms with van der Waals surface area (Å²) in [5.41, 5.74) is 1.64. The number of hydrogen-bond donors (Lipinski definition) is 3. The Morgan fingerprint density at radius 3 is 2.44 bits per heavy atom. The molecule has 0 bridgehead atoms. The lowest BCUT2D eigenvalue weighted by Gasteiger charge is -2.18. The minimum atomic E-state index is -1.53. The number of carboxylic acid groups (broad SMARTS) is 1. The maximum absolute atomic E-state index is 14.5. The first-order chi connectivity index (χ1) is 18.7. The van der Waals surface area contributed by atoms with Gasteiger partial charge in [0.1, 0.15) is 29.9 Å². The number of hydrogen-bond acceptors (Lipinski definition) is 5. The van der Waals surface area contributed by atoms with Crippen LogP contribution in [-0.2, 0) is 11.2 Å². The van der Waals surface area contributed by atoms with E-state index in [1.165, 1.54) is 6.07 Å². The van der Waals surface area contributed by atoms with Crippen LogP contribution in [0, 0.1) is 23.0 Å². The van der Waals surface area contributed by atoms with Gasteiger partial charge in [-0.1, -0.05) is 35.9 Å². The summed E-state index contributed by atoms with van der Waals surface area (Å²) < 4.78 is 41.4. The Hall–Kier alpha value is -4.62. The van der Waals surface area contributed by atoms with Crippen molar-refractivity contribution in [1.29, 1.82) is 5.26 Å². The molecule has 0 aliphatic rings. The van der Waals surface area contributed by atoms with Crippen LogP contribution in [0.5, 0.6) is 0 Å². The van der Waals surface area contributed by atoms with Crippen LogP contribution in [0.2, 0.25) is 5.02 Å². The number of pyridine rings is 1. The summed E-state index contributed by atoms with van der Waals surface area (Å²) in [6, 6.07) is 13.7. The number of aromatic nitrogens is 1. The van der Waals surface area contributed by atoms with Crippen LogP contribution in [0.4, 0.5) is 18.9 Å². The van der Waals surface area contributed by atoms with Gasteiger partial charge in [0.05, 0.1) is 17.1 Å². The average Bonchev–Trinajstić information content (AvgIpc) is 2.91. The number of rotatable bonds is 9. The van der Waals surface area contributed by atoms with Gasteiger partial charge in [-0.2, -0.15) is 5.26 Å².